The Bertz CT molecular complexity index is 441. The molecule has 0 saturated heterocycles. The van der Waals surface area contributed by atoms with E-state index in [-0.39, 0.29) is 16.9 Å². The summed E-state index contributed by atoms with van der Waals surface area (Å²) in [5, 5.41) is 2.77. The van der Waals surface area contributed by atoms with E-state index in [1.807, 2.05) is 0 Å². The van der Waals surface area contributed by atoms with Gasteiger partial charge < -0.3 is 11.1 Å². The second-order valence-corrected chi connectivity index (χ2v) is 5.09. The normalized spacial score (nSPS) is 17.3. The average molecular weight is 236 g/mol. The van der Waals surface area contributed by atoms with E-state index in [4.69, 9.17) is 5.73 Å². The molecule has 0 unspecified atom stereocenters. The number of amides is 1. The minimum absolute atomic E-state index is 0.0212. The van der Waals surface area contributed by atoms with Gasteiger partial charge in [-0.3, -0.25) is 4.79 Å². The van der Waals surface area contributed by atoms with Gasteiger partial charge in [0, 0.05) is 12.2 Å². The van der Waals surface area contributed by atoms with Crippen LogP contribution < -0.4 is 11.1 Å². The zero-order valence-electron chi connectivity index (χ0n) is 9.92. The van der Waals surface area contributed by atoms with Gasteiger partial charge in [0.25, 0.3) is 5.91 Å². The number of carbonyl (C=O) groups excluding carboxylic acids is 1. The van der Waals surface area contributed by atoms with Gasteiger partial charge in [-0.25, -0.2) is 4.39 Å². The van der Waals surface area contributed by atoms with Crippen molar-refractivity contribution < 1.29 is 9.18 Å². The van der Waals surface area contributed by atoms with E-state index in [0.717, 1.165) is 12.8 Å². The first-order chi connectivity index (χ1) is 8.00. The van der Waals surface area contributed by atoms with Crippen molar-refractivity contribution in [2.45, 2.75) is 26.2 Å². The maximum Gasteiger partial charge on any atom is 0.254 e. The number of hydrogen-bond acceptors (Lipinski definition) is 2. The molecule has 1 aliphatic carbocycles. The molecule has 0 radical (unpaired) electrons. The van der Waals surface area contributed by atoms with Crippen LogP contribution in [-0.4, -0.2) is 12.5 Å². The van der Waals surface area contributed by atoms with E-state index in [9.17, 15) is 9.18 Å². The zero-order valence-corrected chi connectivity index (χ0v) is 9.92. The van der Waals surface area contributed by atoms with Gasteiger partial charge in [0.2, 0.25) is 0 Å². The van der Waals surface area contributed by atoms with Crippen LogP contribution in [0.5, 0.6) is 0 Å². The van der Waals surface area contributed by atoms with Gasteiger partial charge in [0.15, 0.2) is 0 Å². The Morgan fingerprint density at radius 1 is 1.53 bits per heavy atom. The van der Waals surface area contributed by atoms with Gasteiger partial charge in [0.05, 0.1) is 5.56 Å². The minimum Gasteiger partial charge on any atom is -0.399 e. The van der Waals surface area contributed by atoms with Gasteiger partial charge in [0.1, 0.15) is 5.82 Å². The summed E-state index contributed by atoms with van der Waals surface area (Å²) in [7, 11) is 0. The molecule has 0 heterocycles. The number of hydrogen-bond donors (Lipinski definition) is 2. The molecule has 3 N–H and O–H groups in total. The molecule has 1 fully saturated rings. The Hall–Kier alpha value is -1.58. The van der Waals surface area contributed by atoms with Gasteiger partial charge in [-0.05, 0) is 36.5 Å². The molecule has 3 nitrogen and oxygen atoms in total. The molecule has 0 atom stereocenters. The molecule has 1 aromatic carbocycles. The number of rotatable bonds is 3. The second-order valence-electron chi connectivity index (χ2n) is 5.09. The highest BCUT2D eigenvalue weighted by atomic mass is 19.1. The largest absolute Gasteiger partial charge is 0.399 e. The first kappa shape index (κ1) is 11.9. The molecule has 2 rings (SSSR count). The molecule has 0 aromatic heterocycles. The fourth-order valence-corrected chi connectivity index (χ4v) is 2.06. The van der Waals surface area contributed by atoms with E-state index >= 15 is 0 Å². The van der Waals surface area contributed by atoms with Gasteiger partial charge in [-0.15, -0.1) is 0 Å². The van der Waals surface area contributed by atoms with Crippen molar-refractivity contribution in [3.63, 3.8) is 0 Å². The molecule has 1 aromatic rings. The van der Waals surface area contributed by atoms with Crippen molar-refractivity contribution in [1.29, 1.82) is 0 Å². The van der Waals surface area contributed by atoms with E-state index < -0.39 is 5.82 Å². The summed E-state index contributed by atoms with van der Waals surface area (Å²) in [4.78, 5) is 11.8. The van der Waals surface area contributed by atoms with E-state index in [1.165, 1.54) is 24.6 Å². The zero-order chi connectivity index (χ0) is 12.5. The Balaban J connectivity index is 2.01. The fraction of sp³-hybridized carbons (Fsp3) is 0.462. The lowest BCUT2D eigenvalue weighted by Gasteiger charge is -2.38. The topological polar surface area (TPSA) is 55.1 Å². The van der Waals surface area contributed by atoms with Crippen LogP contribution in [0.4, 0.5) is 10.1 Å². The van der Waals surface area contributed by atoms with Crippen molar-refractivity contribution in [3.05, 3.63) is 29.6 Å². The third kappa shape index (κ3) is 2.57. The summed E-state index contributed by atoms with van der Waals surface area (Å²) < 4.78 is 13.4. The molecule has 4 heteroatoms. The summed E-state index contributed by atoms with van der Waals surface area (Å²) in [6, 6.07) is 4.03. The van der Waals surface area contributed by atoms with Crippen LogP contribution in [0.1, 0.15) is 36.5 Å². The third-order valence-corrected chi connectivity index (χ3v) is 3.47. The smallest absolute Gasteiger partial charge is 0.254 e. The number of nitrogens with two attached hydrogens (primary N) is 1. The molecule has 1 saturated carbocycles. The minimum atomic E-state index is -0.532. The highest BCUT2D eigenvalue weighted by Crippen LogP contribution is 2.39. The first-order valence-corrected chi connectivity index (χ1v) is 5.83. The number of halogens is 1. The summed E-state index contributed by atoms with van der Waals surface area (Å²) in [5.74, 6) is -0.918. The van der Waals surface area contributed by atoms with E-state index in [1.54, 1.807) is 0 Å². The Kier molecular flexibility index (Phi) is 3.05. The first-order valence-electron chi connectivity index (χ1n) is 5.83. The maximum absolute atomic E-state index is 13.4. The average Bonchev–Trinajstić information content (AvgIpc) is 2.26. The molecule has 1 amide bonds. The molecular formula is C13H17FN2O. The number of anilines is 1. The molecule has 0 bridgehead atoms. The van der Waals surface area contributed by atoms with Crippen LogP contribution in [0.15, 0.2) is 18.2 Å². The van der Waals surface area contributed by atoms with Crippen LogP contribution in [0, 0.1) is 11.2 Å². The second kappa shape index (κ2) is 4.35. The van der Waals surface area contributed by atoms with Crippen LogP contribution in [0.25, 0.3) is 0 Å². The predicted octanol–water partition coefficient (Wildman–Crippen LogP) is 2.33. The van der Waals surface area contributed by atoms with Crippen molar-refractivity contribution in [3.8, 4) is 0 Å². The van der Waals surface area contributed by atoms with Crippen molar-refractivity contribution in [2.75, 3.05) is 12.3 Å². The highest BCUT2D eigenvalue weighted by molar-refractivity contribution is 5.95. The predicted molar refractivity (Wildman–Crippen MR) is 65.1 cm³/mol. The Morgan fingerprint density at radius 2 is 2.24 bits per heavy atom. The lowest BCUT2D eigenvalue weighted by atomic mass is 9.70. The van der Waals surface area contributed by atoms with E-state index in [0.29, 0.717) is 12.2 Å². The lowest BCUT2D eigenvalue weighted by Crippen LogP contribution is -2.40. The number of carbonyl (C=O) groups is 1. The highest BCUT2D eigenvalue weighted by Gasteiger charge is 2.32. The maximum atomic E-state index is 13.4. The quantitative estimate of drug-likeness (QED) is 0.791. The van der Waals surface area contributed by atoms with Crippen molar-refractivity contribution in [1.82, 2.24) is 5.32 Å². The number of nitrogen functional groups attached to an aromatic ring is 1. The van der Waals surface area contributed by atoms with E-state index in [2.05, 4.69) is 12.2 Å². The SMILES string of the molecule is CC1(CNC(=O)c2cc(N)ccc2F)CCC1. The molecule has 1 aliphatic rings. The standard InChI is InChI=1S/C13H17FN2O/c1-13(5-2-6-13)8-16-12(17)10-7-9(15)3-4-11(10)14/h3-4,7H,2,5-6,8,15H2,1H3,(H,16,17). The van der Waals surface area contributed by atoms with Crippen molar-refractivity contribution in [2.24, 2.45) is 5.41 Å². The molecule has 0 aliphatic heterocycles. The molecule has 92 valence electrons. The summed E-state index contributed by atoms with van der Waals surface area (Å²) >= 11 is 0. The summed E-state index contributed by atoms with van der Waals surface area (Å²) in [6.07, 6.45) is 3.44. The van der Waals surface area contributed by atoms with Crippen molar-refractivity contribution >= 4 is 11.6 Å². The molecule has 0 spiro atoms. The van der Waals surface area contributed by atoms with Gasteiger partial charge >= 0.3 is 0 Å². The van der Waals surface area contributed by atoms with Crippen LogP contribution in [0.3, 0.4) is 0 Å². The van der Waals surface area contributed by atoms with Crippen LogP contribution in [-0.2, 0) is 0 Å². The molecule has 17 heavy (non-hydrogen) atoms. The fourth-order valence-electron chi connectivity index (χ4n) is 2.06. The number of benzene rings is 1. The van der Waals surface area contributed by atoms with Gasteiger partial charge in [-0.2, -0.15) is 0 Å². The summed E-state index contributed by atoms with van der Waals surface area (Å²) in [6.45, 7) is 2.73. The third-order valence-electron chi connectivity index (χ3n) is 3.47. The lowest BCUT2D eigenvalue weighted by molar-refractivity contribution is 0.0887. The molecular weight excluding hydrogens is 219 g/mol. The van der Waals surface area contributed by atoms with Crippen LogP contribution >= 0.6 is 0 Å². The van der Waals surface area contributed by atoms with Crippen LogP contribution in [0.2, 0.25) is 0 Å². The monoisotopic (exact) mass is 236 g/mol. The van der Waals surface area contributed by atoms with Gasteiger partial charge in [-0.1, -0.05) is 13.3 Å². The number of nitrogens with one attached hydrogen (secondary N) is 1. The summed E-state index contributed by atoms with van der Waals surface area (Å²) in [5.41, 5.74) is 6.14. The Labute approximate surface area is 100 Å². The Morgan fingerprint density at radius 3 is 2.82 bits per heavy atom.